The molecule has 1 fully saturated rings. The molecule has 1 heterocycles. The quantitative estimate of drug-likeness (QED) is 0.754. The number of alkyl halides is 3. The molecule has 22 heavy (non-hydrogen) atoms. The minimum atomic E-state index is -4.26. The number of anilines is 1. The average Bonchev–Trinajstić information content (AvgIpc) is 2.97. The van der Waals surface area contributed by atoms with Crippen LogP contribution in [-0.4, -0.2) is 13.1 Å². The van der Waals surface area contributed by atoms with Crippen molar-refractivity contribution in [3.63, 3.8) is 0 Å². The molecule has 1 aliphatic heterocycles. The Bertz CT molecular complexity index is 629. The van der Waals surface area contributed by atoms with Gasteiger partial charge in [-0.25, -0.2) is 0 Å². The predicted octanol–water partition coefficient (Wildman–Crippen LogP) is 5.01. The van der Waals surface area contributed by atoms with Gasteiger partial charge in [-0.05, 0) is 43.2 Å². The SMILES string of the molecule is Cc1ccc(N2CCC(c3ccc(C(F)(F)F)cc3)C2)cc1. The summed E-state index contributed by atoms with van der Waals surface area (Å²) in [5.41, 5.74) is 2.81. The van der Waals surface area contributed by atoms with Gasteiger partial charge < -0.3 is 4.90 Å². The number of rotatable bonds is 2. The van der Waals surface area contributed by atoms with Gasteiger partial charge in [0.2, 0.25) is 0 Å². The zero-order valence-corrected chi connectivity index (χ0v) is 12.4. The van der Waals surface area contributed by atoms with E-state index in [1.54, 1.807) is 12.1 Å². The van der Waals surface area contributed by atoms with Gasteiger partial charge in [-0.3, -0.25) is 0 Å². The average molecular weight is 305 g/mol. The Labute approximate surface area is 128 Å². The van der Waals surface area contributed by atoms with Crippen molar-refractivity contribution in [3.05, 3.63) is 65.2 Å². The molecule has 1 saturated heterocycles. The van der Waals surface area contributed by atoms with Crippen molar-refractivity contribution in [1.82, 2.24) is 0 Å². The second kappa shape index (κ2) is 5.67. The topological polar surface area (TPSA) is 3.24 Å². The molecule has 1 atom stereocenters. The van der Waals surface area contributed by atoms with Crippen LogP contribution >= 0.6 is 0 Å². The first-order chi connectivity index (χ1) is 10.4. The van der Waals surface area contributed by atoms with Crippen molar-refractivity contribution in [3.8, 4) is 0 Å². The molecule has 0 saturated carbocycles. The molecule has 0 aromatic heterocycles. The molecule has 116 valence electrons. The fraction of sp³-hybridized carbons (Fsp3) is 0.333. The maximum Gasteiger partial charge on any atom is 0.416 e. The Morgan fingerprint density at radius 3 is 2.18 bits per heavy atom. The van der Waals surface area contributed by atoms with Gasteiger partial charge >= 0.3 is 6.18 Å². The van der Waals surface area contributed by atoms with Gasteiger partial charge in [0.15, 0.2) is 0 Å². The molecule has 0 radical (unpaired) electrons. The van der Waals surface area contributed by atoms with E-state index in [4.69, 9.17) is 0 Å². The standard InChI is InChI=1S/C18H18F3N/c1-13-2-8-17(9-3-13)22-11-10-15(12-22)14-4-6-16(7-5-14)18(19,20)21/h2-9,15H,10-12H2,1H3. The summed E-state index contributed by atoms with van der Waals surface area (Å²) in [7, 11) is 0. The summed E-state index contributed by atoms with van der Waals surface area (Å²) in [5, 5.41) is 0. The first kappa shape index (κ1) is 14.9. The van der Waals surface area contributed by atoms with E-state index >= 15 is 0 Å². The lowest BCUT2D eigenvalue weighted by atomic mass is 9.97. The summed E-state index contributed by atoms with van der Waals surface area (Å²) in [4.78, 5) is 2.29. The molecule has 0 aliphatic carbocycles. The van der Waals surface area contributed by atoms with E-state index in [-0.39, 0.29) is 0 Å². The minimum Gasteiger partial charge on any atom is -0.371 e. The zero-order valence-electron chi connectivity index (χ0n) is 12.4. The molecule has 2 aromatic carbocycles. The van der Waals surface area contributed by atoms with Gasteiger partial charge in [0.1, 0.15) is 0 Å². The van der Waals surface area contributed by atoms with E-state index in [2.05, 4.69) is 36.1 Å². The number of halogens is 3. The Hall–Kier alpha value is -1.97. The van der Waals surface area contributed by atoms with Crippen LogP contribution in [0.15, 0.2) is 48.5 Å². The van der Waals surface area contributed by atoms with Gasteiger partial charge in [-0.1, -0.05) is 29.8 Å². The summed E-state index contributed by atoms with van der Waals surface area (Å²) in [6.45, 7) is 3.85. The molecular weight excluding hydrogens is 287 g/mol. The van der Waals surface area contributed by atoms with Gasteiger partial charge in [0.25, 0.3) is 0 Å². The fourth-order valence-corrected chi connectivity index (χ4v) is 2.97. The highest BCUT2D eigenvalue weighted by atomic mass is 19.4. The van der Waals surface area contributed by atoms with Crippen molar-refractivity contribution in [2.75, 3.05) is 18.0 Å². The maximum atomic E-state index is 12.6. The van der Waals surface area contributed by atoms with E-state index in [0.717, 1.165) is 25.1 Å². The summed E-state index contributed by atoms with van der Waals surface area (Å²) >= 11 is 0. The lowest BCUT2D eigenvalue weighted by Gasteiger charge is -2.19. The molecule has 4 heteroatoms. The van der Waals surface area contributed by atoms with Crippen molar-refractivity contribution in [2.24, 2.45) is 0 Å². The number of hydrogen-bond acceptors (Lipinski definition) is 1. The predicted molar refractivity (Wildman–Crippen MR) is 82.2 cm³/mol. The molecule has 1 aliphatic rings. The Morgan fingerprint density at radius 1 is 0.955 bits per heavy atom. The summed E-state index contributed by atoms with van der Waals surface area (Å²) in [6, 6.07) is 14.0. The van der Waals surface area contributed by atoms with Crippen LogP contribution in [0.25, 0.3) is 0 Å². The van der Waals surface area contributed by atoms with Crippen molar-refractivity contribution in [2.45, 2.75) is 25.4 Å². The van der Waals surface area contributed by atoms with E-state index in [0.29, 0.717) is 5.92 Å². The van der Waals surface area contributed by atoms with Crippen LogP contribution in [0.3, 0.4) is 0 Å². The Morgan fingerprint density at radius 2 is 1.59 bits per heavy atom. The molecular formula is C18H18F3N. The zero-order chi connectivity index (χ0) is 15.7. The summed E-state index contributed by atoms with van der Waals surface area (Å²) in [5.74, 6) is 0.295. The first-order valence-corrected chi connectivity index (χ1v) is 7.42. The highest BCUT2D eigenvalue weighted by molar-refractivity contribution is 5.49. The second-order valence-corrected chi connectivity index (χ2v) is 5.89. The van der Waals surface area contributed by atoms with Gasteiger partial charge in [0, 0.05) is 24.7 Å². The summed E-state index contributed by atoms with van der Waals surface area (Å²) < 4.78 is 37.8. The number of aryl methyl sites for hydroxylation is 1. The largest absolute Gasteiger partial charge is 0.416 e. The monoisotopic (exact) mass is 305 g/mol. The Balaban J connectivity index is 1.71. The van der Waals surface area contributed by atoms with Crippen LogP contribution in [0.1, 0.15) is 29.0 Å². The van der Waals surface area contributed by atoms with E-state index in [9.17, 15) is 13.2 Å². The lowest BCUT2D eigenvalue weighted by Crippen LogP contribution is -2.19. The number of nitrogens with zero attached hydrogens (tertiary/aromatic N) is 1. The highest BCUT2D eigenvalue weighted by Crippen LogP contribution is 2.33. The van der Waals surface area contributed by atoms with Crippen molar-refractivity contribution in [1.29, 1.82) is 0 Å². The normalized spacial score (nSPS) is 18.7. The van der Waals surface area contributed by atoms with E-state index < -0.39 is 11.7 Å². The lowest BCUT2D eigenvalue weighted by molar-refractivity contribution is -0.137. The van der Waals surface area contributed by atoms with Crippen LogP contribution in [-0.2, 0) is 6.18 Å². The maximum absolute atomic E-state index is 12.6. The van der Waals surface area contributed by atoms with Gasteiger partial charge in [-0.2, -0.15) is 13.2 Å². The van der Waals surface area contributed by atoms with Gasteiger partial charge in [0.05, 0.1) is 5.56 Å². The molecule has 0 N–H and O–H groups in total. The number of hydrogen-bond donors (Lipinski definition) is 0. The third-order valence-electron chi connectivity index (χ3n) is 4.30. The van der Waals surface area contributed by atoms with Crippen LogP contribution in [0.4, 0.5) is 18.9 Å². The first-order valence-electron chi connectivity index (χ1n) is 7.42. The minimum absolute atomic E-state index is 0.295. The smallest absolute Gasteiger partial charge is 0.371 e. The molecule has 1 nitrogen and oxygen atoms in total. The Kier molecular flexibility index (Phi) is 3.85. The second-order valence-electron chi connectivity index (χ2n) is 5.89. The molecule has 0 spiro atoms. The molecule has 3 rings (SSSR count). The molecule has 1 unspecified atom stereocenters. The molecule has 0 amide bonds. The van der Waals surface area contributed by atoms with Crippen LogP contribution < -0.4 is 4.90 Å². The third kappa shape index (κ3) is 3.11. The van der Waals surface area contributed by atoms with E-state index in [1.165, 1.54) is 23.4 Å². The van der Waals surface area contributed by atoms with E-state index in [1.807, 2.05) is 0 Å². The highest BCUT2D eigenvalue weighted by Gasteiger charge is 2.31. The molecule has 2 aromatic rings. The van der Waals surface area contributed by atoms with Crippen molar-refractivity contribution < 1.29 is 13.2 Å². The third-order valence-corrected chi connectivity index (χ3v) is 4.30. The fourth-order valence-electron chi connectivity index (χ4n) is 2.97. The number of benzene rings is 2. The molecule has 0 bridgehead atoms. The van der Waals surface area contributed by atoms with Gasteiger partial charge in [-0.15, -0.1) is 0 Å². The van der Waals surface area contributed by atoms with Crippen molar-refractivity contribution >= 4 is 5.69 Å². The van der Waals surface area contributed by atoms with Crippen LogP contribution in [0.5, 0.6) is 0 Å². The van der Waals surface area contributed by atoms with Crippen LogP contribution in [0, 0.1) is 6.92 Å². The summed E-state index contributed by atoms with van der Waals surface area (Å²) in [6.07, 6.45) is -3.29. The van der Waals surface area contributed by atoms with Crippen LogP contribution in [0.2, 0.25) is 0 Å².